The van der Waals surface area contributed by atoms with Gasteiger partial charge in [0.05, 0.1) is 0 Å². The molecule has 1 rings (SSSR count). The Morgan fingerprint density at radius 1 is 1.36 bits per heavy atom. The summed E-state index contributed by atoms with van der Waals surface area (Å²) in [6.07, 6.45) is 0. The Kier molecular flexibility index (Phi) is 3.15. The lowest BCUT2D eigenvalue weighted by atomic mass is 10.2. The minimum absolute atomic E-state index is 0.0794. The molecule has 0 fully saturated rings. The first-order valence-corrected chi connectivity index (χ1v) is 3.70. The molecule has 0 unspecified atom stereocenters. The highest BCUT2D eigenvalue weighted by molar-refractivity contribution is 6.35. The Morgan fingerprint density at radius 3 is 2.64 bits per heavy atom. The van der Waals surface area contributed by atoms with E-state index in [2.05, 4.69) is 4.89 Å². The van der Waals surface area contributed by atoms with Crippen LogP contribution >= 0.6 is 23.2 Å². The van der Waals surface area contributed by atoms with Crippen LogP contribution in [0.1, 0.15) is 5.56 Å². The van der Waals surface area contributed by atoms with Crippen molar-refractivity contribution >= 4 is 23.2 Å². The van der Waals surface area contributed by atoms with Crippen LogP contribution in [0.5, 0.6) is 0 Å². The molecule has 0 aromatic heterocycles. The maximum atomic E-state index is 8.12. The molecule has 0 saturated carbocycles. The molecule has 2 nitrogen and oxygen atoms in total. The molecule has 1 N–H and O–H groups in total. The Balaban J connectivity index is 2.90. The van der Waals surface area contributed by atoms with E-state index >= 15 is 0 Å². The molecule has 0 atom stereocenters. The van der Waals surface area contributed by atoms with Gasteiger partial charge in [0, 0.05) is 10.0 Å². The van der Waals surface area contributed by atoms with E-state index in [4.69, 9.17) is 28.5 Å². The quantitative estimate of drug-likeness (QED) is 0.577. The fourth-order valence-corrected chi connectivity index (χ4v) is 1.17. The largest absolute Gasteiger partial charge is 0.251 e. The van der Waals surface area contributed by atoms with Crippen LogP contribution in [0.4, 0.5) is 0 Å². The summed E-state index contributed by atoms with van der Waals surface area (Å²) >= 11 is 11.4. The van der Waals surface area contributed by atoms with Gasteiger partial charge in [0.2, 0.25) is 0 Å². The third-order valence-electron chi connectivity index (χ3n) is 1.24. The lowest BCUT2D eigenvalue weighted by Gasteiger charge is -2.00. The summed E-state index contributed by atoms with van der Waals surface area (Å²) in [6.45, 7) is 0.0794. The van der Waals surface area contributed by atoms with Crippen LogP contribution in [0.15, 0.2) is 18.2 Å². The highest BCUT2D eigenvalue weighted by Crippen LogP contribution is 2.21. The minimum Gasteiger partial charge on any atom is -0.251 e. The normalized spacial score (nSPS) is 10.1. The van der Waals surface area contributed by atoms with Crippen molar-refractivity contribution in [2.75, 3.05) is 0 Å². The summed E-state index contributed by atoms with van der Waals surface area (Å²) < 4.78 is 0. The zero-order chi connectivity index (χ0) is 8.27. The van der Waals surface area contributed by atoms with Crippen molar-refractivity contribution < 1.29 is 10.1 Å². The fraction of sp³-hybridized carbons (Fsp3) is 0.143. The predicted octanol–water partition coefficient (Wildman–Crippen LogP) is 2.98. The van der Waals surface area contributed by atoms with E-state index in [0.717, 1.165) is 0 Å². The number of benzene rings is 1. The van der Waals surface area contributed by atoms with Crippen molar-refractivity contribution in [1.82, 2.24) is 0 Å². The number of hydrogen-bond acceptors (Lipinski definition) is 2. The average molecular weight is 193 g/mol. The van der Waals surface area contributed by atoms with Crippen molar-refractivity contribution in [3.05, 3.63) is 33.8 Å². The maximum absolute atomic E-state index is 8.12. The first-order valence-electron chi connectivity index (χ1n) is 2.94. The van der Waals surface area contributed by atoms with Gasteiger partial charge in [-0.1, -0.05) is 29.3 Å². The van der Waals surface area contributed by atoms with Gasteiger partial charge in [-0.05, 0) is 17.7 Å². The molecular weight excluding hydrogens is 187 g/mol. The van der Waals surface area contributed by atoms with Crippen LogP contribution in [-0.2, 0) is 11.5 Å². The average Bonchev–Trinajstić information content (AvgIpc) is 1.95. The first-order chi connectivity index (χ1) is 5.24. The lowest BCUT2D eigenvalue weighted by molar-refractivity contribution is -0.252. The van der Waals surface area contributed by atoms with Gasteiger partial charge in [0.1, 0.15) is 6.61 Å². The molecule has 1 aromatic carbocycles. The van der Waals surface area contributed by atoms with Crippen LogP contribution in [0, 0.1) is 0 Å². The summed E-state index contributed by atoms with van der Waals surface area (Å²) in [5, 5.41) is 9.18. The van der Waals surface area contributed by atoms with E-state index in [-0.39, 0.29) is 6.61 Å². The summed E-state index contributed by atoms with van der Waals surface area (Å²) in [5.41, 5.74) is 0.707. The number of rotatable bonds is 2. The SMILES string of the molecule is OOCc1ccc(Cl)cc1Cl. The topological polar surface area (TPSA) is 29.5 Å². The number of halogens is 2. The Hall–Kier alpha value is -0.280. The van der Waals surface area contributed by atoms with E-state index in [0.29, 0.717) is 15.6 Å². The maximum Gasteiger partial charge on any atom is 0.108 e. The van der Waals surface area contributed by atoms with Crippen LogP contribution in [0.3, 0.4) is 0 Å². The van der Waals surface area contributed by atoms with E-state index in [1.165, 1.54) is 0 Å². The minimum atomic E-state index is 0.0794. The second kappa shape index (κ2) is 3.93. The van der Waals surface area contributed by atoms with E-state index in [1.54, 1.807) is 18.2 Å². The van der Waals surface area contributed by atoms with Gasteiger partial charge in [-0.3, -0.25) is 5.26 Å². The third-order valence-corrected chi connectivity index (χ3v) is 1.82. The molecule has 11 heavy (non-hydrogen) atoms. The second-order valence-electron chi connectivity index (χ2n) is 2.01. The zero-order valence-corrected chi connectivity index (χ0v) is 7.06. The van der Waals surface area contributed by atoms with Gasteiger partial charge in [-0.15, -0.1) is 0 Å². The standard InChI is InChI=1S/C7H6Cl2O2/c8-6-2-1-5(4-11-10)7(9)3-6/h1-3,10H,4H2. The van der Waals surface area contributed by atoms with Gasteiger partial charge in [0.25, 0.3) is 0 Å². The Labute approximate surface area is 74.2 Å². The molecule has 0 saturated heterocycles. The molecule has 0 aliphatic heterocycles. The van der Waals surface area contributed by atoms with Crippen molar-refractivity contribution in [3.8, 4) is 0 Å². The molecule has 0 aliphatic rings. The Morgan fingerprint density at radius 2 is 2.09 bits per heavy atom. The smallest absolute Gasteiger partial charge is 0.108 e. The van der Waals surface area contributed by atoms with Crippen molar-refractivity contribution in [3.63, 3.8) is 0 Å². The first kappa shape index (κ1) is 8.81. The summed E-state index contributed by atoms with van der Waals surface area (Å²) in [4.78, 5) is 3.92. The van der Waals surface area contributed by atoms with Gasteiger partial charge >= 0.3 is 0 Å². The van der Waals surface area contributed by atoms with Crippen LogP contribution in [-0.4, -0.2) is 5.26 Å². The van der Waals surface area contributed by atoms with Crippen LogP contribution in [0.2, 0.25) is 10.0 Å². The van der Waals surface area contributed by atoms with Gasteiger partial charge < -0.3 is 0 Å². The molecule has 0 bridgehead atoms. The summed E-state index contributed by atoms with van der Waals surface area (Å²) in [7, 11) is 0. The molecule has 0 aliphatic carbocycles. The Bertz CT molecular complexity index is 250. The zero-order valence-electron chi connectivity index (χ0n) is 5.55. The molecular formula is C7H6Cl2O2. The van der Waals surface area contributed by atoms with Crippen LogP contribution in [0.25, 0.3) is 0 Å². The second-order valence-corrected chi connectivity index (χ2v) is 2.85. The van der Waals surface area contributed by atoms with Crippen molar-refractivity contribution in [2.45, 2.75) is 6.61 Å². The molecule has 1 aromatic rings. The predicted molar refractivity (Wildman–Crippen MR) is 43.9 cm³/mol. The van der Waals surface area contributed by atoms with Gasteiger partial charge in [0.15, 0.2) is 0 Å². The molecule has 60 valence electrons. The molecule has 0 radical (unpaired) electrons. The van der Waals surface area contributed by atoms with Gasteiger partial charge in [-0.2, -0.15) is 0 Å². The van der Waals surface area contributed by atoms with Crippen molar-refractivity contribution in [2.24, 2.45) is 0 Å². The number of hydrogen-bond donors (Lipinski definition) is 1. The van der Waals surface area contributed by atoms with E-state index in [1.807, 2.05) is 0 Å². The molecule has 4 heteroatoms. The van der Waals surface area contributed by atoms with E-state index < -0.39 is 0 Å². The molecule has 0 spiro atoms. The van der Waals surface area contributed by atoms with Gasteiger partial charge in [-0.25, -0.2) is 4.89 Å². The molecule has 0 amide bonds. The summed E-state index contributed by atoms with van der Waals surface area (Å²) in [5.74, 6) is 0. The fourth-order valence-electron chi connectivity index (χ4n) is 0.708. The monoisotopic (exact) mass is 192 g/mol. The summed E-state index contributed by atoms with van der Waals surface area (Å²) in [6, 6.07) is 4.97. The van der Waals surface area contributed by atoms with E-state index in [9.17, 15) is 0 Å². The lowest BCUT2D eigenvalue weighted by Crippen LogP contribution is -1.88. The third kappa shape index (κ3) is 2.34. The highest BCUT2D eigenvalue weighted by Gasteiger charge is 1.99. The van der Waals surface area contributed by atoms with Crippen molar-refractivity contribution in [1.29, 1.82) is 0 Å². The van der Waals surface area contributed by atoms with Crippen LogP contribution < -0.4 is 0 Å². The highest BCUT2D eigenvalue weighted by atomic mass is 35.5. The molecule has 0 heterocycles.